The zero-order valence-corrected chi connectivity index (χ0v) is 9.77. The van der Waals surface area contributed by atoms with Crippen LogP contribution >= 0.6 is 0 Å². The summed E-state index contributed by atoms with van der Waals surface area (Å²) >= 11 is 0. The van der Waals surface area contributed by atoms with Gasteiger partial charge in [-0.1, -0.05) is 26.0 Å². The highest BCUT2D eigenvalue weighted by Gasteiger charge is 2.01. The second-order valence-corrected chi connectivity index (χ2v) is 4.24. The SMILES string of the molecule is CC(C)CCOCc1ccc(C(=O)O)cc1. The number of hydrogen-bond donors (Lipinski definition) is 1. The molecule has 0 saturated carbocycles. The number of ether oxygens (including phenoxy) is 1. The van der Waals surface area contributed by atoms with Crippen LogP contribution in [0, 0.1) is 5.92 Å². The van der Waals surface area contributed by atoms with Gasteiger partial charge in [-0.15, -0.1) is 0 Å². The van der Waals surface area contributed by atoms with Crippen LogP contribution in [-0.2, 0) is 11.3 Å². The second kappa shape index (κ2) is 6.28. The summed E-state index contributed by atoms with van der Waals surface area (Å²) in [7, 11) is 0. The Balaban J connectivity index is 2.35. The van der Waals surface area contributed by atoms with Crippen LogP contribution in [0.2, 0.25) is 0 Å². The summed E-state index contributed by atoms with van der Waals surface area (Å²) in [6, 6.07) is 6.78. The lowest BCUT2D eigenvalue weighted by Gasteiger charge is -2.06. The van der Waals surface area contributed by atoms with Gasteiger partial charge in [-0.2, -0.15) is 0 Å². The van der Waals surface area contributed by atoms with Crippen molar-refractivity contribution in [1.82, 2.24) is 0 Å². The largest absolute Gasteiger partial charge is 0.478 e. The molecule has 0 aromatic heterocycles. The van der Waals surface area contributed by atoms with Gasteiger partial charge in [0.15, 0.2) is 0 Å². The number of carbonyl (C=O) groups is 1. The summed E-state index contributed by atoms with van der Waals surface area (Å²) in [5, 5.41) is 8.72. The van der Waals surface area contributed by atoms with E-state index in [1.54, 1.807) is 24.3 Å². The molecule has 16 heavy (non-hydrogen) atoms. The molecule has 0 unspecified atom stereocenters. The van der Waals surface area contributed by atoms with Crippen LogP contribution in [0.15, 0.2) is 24.3 Å². The molecule has 0 radical (unpaired) electrons. The molecule has 1 aromatic rings. The summed E-state index contributed by atoms with van der Waals surface area (Å²) in [4.78, 5) is 10.6. The van der Waals surface area contributed by atoms with Gasteiger partial charge in [0.1, 0.15) is 0 Å². The van der Waals surface area contributed by atoms with Crippen molar-refractivity contribution < 1.29 is 14.6 Å². The van der Waals surface area contributed by atoms with Crippen molar-refractivity contribution in [2.45, 2.75) is 26.9 Å². The summed E-state index contributed by atoms with van der Waals surface area (Å²) < 4.78 is 5.48. The highest BCUT2D eigenvalue weighted by Crippen LogP contribution is 2.07. The molecule has 0 aliphatic carbocycles. The molecule has 0 bridgehead atoms. The van der Waals surface area contributed by atoms with Crippen LogP contribution < -0.4 is 0 Å². The number of aromatic carboxylic acids is 1. The Morgan fingerprint density at radius 3 is 2.44 bits per heavy atom. The van der Waals surface area contributed by atoms with Gasteiger partial charge in [-0.25, -0.2) is 4.79 Å². The summed E-state index contributed by atoms with van der Waals surface area (Å²) in [6.45, 7) is 5.61. The lowest BCUT2D eigenvalue weighted by atomic mass is 10.1. The van der Waals surface area contributed by atoms with Crippen molar-refractivity contribution in [3.8, 4) is 0 Å². The molecule has 0 aliphatic heterocycles. The molecule has 0 heterocycles. The minimum absolute atomic E-state index is 0.311. The molecule has 1 aromatic carbocycles. The van der Waals surface area contributed by atoms with E-state index in [1.807, 2.05) is 0 Å². The minimum atomic E-state index is -0.896. The summed E-state index contributed by atoms with van der Waals surface area (Å²) in [5.41, 5.74) is 1.32. The third kappa shape index (κ3) is 4.45. The van der Waals surface area contributed by atoms with E-state index in [0.29, 0.717) is 18.1 Å². The van der Waals surface area contributed by atoms with Gasteiger partial charge in [-0.05, 0) is 30.0 Å². The number of carboxylic acids is 1. The first kappa shape index (κ1) is 12.7. The second-order valence-electron chi connectivity index (χ2n) is 4.24. The van der Waals surface area contributed by atoms with Gasteiger partial charge in [0, 0.05) is 6.61 Å². The third-order valence-corrected chi connectivity index (χ3v) is 2.31. The molecule has 3 heteroatoms. The van der Waals surface area contributed by atoms with E-state index in [0.717, 1.165) is 18.6 Å². The molecule has 0 atom stereocenters. The number of carboxylic acid groups (broad SMARTS) is 1. The molecule has 0 amide bonds. The van der Waals surface area contributed by atoms with Gasteiger partial charge in [-0.3, -0.25) is 0 Å². The fraction of sp³-hybridized carbons (Fsp3) is 0.462. The Hall–Kier alpha value is -1.35. The fourth-order valence-electron chi connectivity index (χ4n) is 1.25. The molecule has 0 aliphatic rings. The van der Waals surface area contributed by atoms with Crippen LogP contribution in [0.1, 0.15) is 36.2 Å². The fourth-order valence-corrected chi connectivity index (χ4v) is 1.25. The van der Waals surface area contributed by atoms with Crippen molar-refractivity contribution in [2.24, 2.45) is 5.92 Å². The van der Waals surface area contributed by atoms with Crippen molar-refractivity contribution in [3.63, 3.8) is 0 Å². The molecule has 88 valence electrons. The first-order valence-corrected chi connectivity index (χ1v) is 5.49. The van der Waals surface area contributed by atoms with E-state index in [-0.39, 0.29) is 0 Å². The normalized spacial score (nSPS) is 10.7. The van der Waals surface area contributed by atoms with Gasteiger partial charge >= 0.3 is 5.97 Å². The number of hydrogen-bond acceptors (Lipinski definition) is 2. The van der Waals surface area contributed by atoms with E-state index in [2.05, 4.69) is 13.8 Å². The summed E-state index contributed by atoms with van der Waals surface area (Å²) in [6.07, 6.45) is 1.05. The summed E-state index contributed by atoms with van der Waals surface area (Å²) in [5.74, 6) is -0.248. The molecule has 0 spiro atoms. The minimum Gasteiger partial charge on any atom is -0.478 e. The Kier molecular flexibility index (Phi) is 4.99. The van der Waals surface area contributed by atoms with Crippen LogP contribution in [0.5, 0.6) is 0 Å². The smallest absolute Gasteiger partial charge is 0.335 e. The van der Waals surface area contributed by atoms with Gasteiger partial charge in [0.25, 0.3) is 0 Å². The third-order valence-electron chi connectivity index (χ3n) is 2.31. The zero-order chi connectivity index (χ0) is 12.0. The number of benzene rings is 1. The average molecular weight is 222 g/mol. The molecular formula is C13H18O3. The zero-order valence-electron chi connectivity index (χ0n) is 9.77. The monoisotopic (exact) mass is 222 g/mol. The lowest BCUT2D eigenvalue weighted by molar-refractivity contribution is 0.0696. The topological polar surface area (TPSA) is 46.5 Å². The van der Waals surface area contributed by atoms with Crippen LogP contribution in [-0.4, -0.2) is 17.7 Å². The van der Waals surface area contributed by atoms with E-state index in [4.69, 9.17) is 9.84 Å². The first-order chi connectivity index (χ1) is 7.59. The molecular weight excluding hydrogens is 204 g/mol. The Morgan fingerprint density at radius 2 is 1.94 bits per heavy atom. The maximum absolute atomic E-state index is 10.6. The molecule has 0 saturated heterocycles. The lowest BCUT2D eigenvalue weighted by Crippen LogP contribution is -2.00. The maximum atomic E-state index is 10.6. The van der Waals surface area contributed by atoms with E-state index in [9.17, 15) is 4.79 Å². The van der Waals surface area contributed by atoms with E-state index >= 15 is 0 Å². The Labute approximate surface area is 96.1 Å². The van der Waals surface area contributed by atoms with Gasteiger partial charge in [0.2, 0.25) is 0 Å². The van der Waals surface area contributed by atoms with Crippen LogP contribution in [0.3, 0.4) is 0 Å². The molecule has 1 rings (SSSR count). The Bertz CT molecular complexity index is 328. The van der Waals surface area contributed by atoms with Crippen molar-refractivity contribution in [1.29, 1.82) is 0 Å². The first-order valence-electron chi connectivity index (χ1n) is 5.49. The van der Waals surface area contributed by atoms with Crippen molar-refractivity contribution in [2.75, 3.05) is 6.61 Å². The predicted molar refractivity (Wildman–Crippen MR) is 62.5 cm³/mol. The van der Waals surface area contributed by atoms with Gasteiger partial charge in [0.05, 0.1) is 12.2 Å². The maximum Gasteiger partial charge on any atom is 0.335 e. The van der Waals surface area contributed by atoms with Crippen LogP contribution in [0.25, 0.3) is 0 Å². The molecule has 1 N–H and O–H groups in total. The quantitative estimate of drug-likeness (QED) is 0.753. The van der Waals surface area contributed by atoms with Crippen LogP contribution in [0.4, 0.5) is 0 Å². The molecule has 3 nitrogen and oxygen atoms in total. The number of rotatable bonds is 6. The van der Waals surface area contributed by atoms with Crippen molar-refractivity contribution >= 4 is 5.97 Å². The van der Waals surface area contributed by atoms with E-state index in [1.165, 1.54) is 0 Å². The predicted octanol–water partition coefficient (Wildman–Crippen LogP) is 2.95. The van der Waals surface area contributed by atoms with E-state index < -0.39 is 5.97 Å². The standard InChI is InChI=1S/C13H18O3/c1-10(2)7-8-16-9-11-3-5-12(6-4-11)13(14)15/h3-6,10H,7-9H2,1-2H3,(H,14,15). The molecule has 0 fully saturated rings. The average Bonchev–Trinajstić information content (AvgIpc) is 2.25. The van der Waals surface area contributed by atoms with Crippen molar-refractivity contribution in [3.05, 3.63) is 35.4 Å². The highest BCUT2D eigenvalue weighted by molar-refractivity contribution is 5.87. The Morgan fingerprint density at radius 1 is 1.31 bits per heavy atom. The van der Waals surface area contributed by atoms with Gasteiger partial charge < -0.3 is 9.84 Å². The highest BCUT2D eigenvalue weighted by atomic mass is 16.5.